The van der Waals surface area contributed by atoms with Gasteiger partial charge in [0.2, 0.25) is 0 Å². The smallest absolute Gasteiger partial charge is 0.389 e. The number of carbonyl (C=O) groups excluding carboxylic acids is 1. The third kappa shape index (κ3) is 5.48. The molecule has 19 heavy (non-hydrogen) atoms. The molecule has 0 aromatic carbocycles. The third-order valence-corrected chi connectivity index (χ3v) is 4.25. The van der Waals surface area contributed by atoms with Gasteiger partial charge in [-0.2, -0.15) is 13.2 Å². The van der Waals surface area contributed by atoms with Crippen molar-refractivity contribution in [1.82, 2.24) is 0 Å². The summed E-state index contributed by atoms with van der Waals surface area (Å²) in [7, 11) is 0. The molecule has 1 saturated heterocycles. The van der Waals surface area contributed by atoms with E-state index in [0.717, 1.165) is 32.5 Å². The van der Waals surface area contributed by atoms with Gasteiger partial charge < -0.3 is 14.8 Å². The Morgan fingerprint density at radius 3 is 2.11 bits per heavy atom. The first-order chi connectivity index (χ1) is 8.92. The van der Waals surface area contributed by atoms with E-state index in [4.69, 9.17) is 4.79 Å². The number of aliphatic hydroxyl groups excluding tert-OH is 1. The fourth-order valence-electron chi connectivity index (χ4n) is 2.89. The number of rotatable bonds is 4. The number of carbonyl (C=O) groups is 1. The lowest BCUT2D eigenvalue weighted by Crippen LogP contribution is -3.14. The maximum Gasteiger partial charge on any atom is 0.389 e. The molecule has 3 nitrogen and oxygen atoms in total. The van der Waals surface area contributed by atoms with Crippen molar-refractivity contribution in [3.8, 4) is 0 Å². The van der Waals surface area contributed by atoms with Crippen molar-refractivity contribution in [2.45, 2.75) is 38.3 Å². The Labute approximate surface area is 111 Å². The number of hydrogen-bond acceptors (Lipinski definition) is 2. The summed E-state index contributed by atoms with van der Waals surface area (Å²) >= 11 is 0. The van der Waals surface area contributed by atoms with Crippen LogP contribution in [0.3, 0.4) is 0 Å². The molecule has 1 heterocycles. The van der Waals surface area contributed by atoms with Gasteiger partial charge in [-0.25, -0.2) is 0 Å². The maximum atomic E-state index is 12.2. The van der Waals surface area contributed by atoms with Gasteiger partial charge in [0, 0.05) is 11.8 Å². The second-order valence-electron chi connectivity index (χ2n) is 5.85. The summed E-state index contributed by atoms with van der Waals surface area (Å²) in [5, 5.41) is 9.23. The standard InChI is InChI=1S/C12H20F3NO.CH2O/c13-12(14,15)7-10-1-5-16(6-2-10)8-11(9-17)3-4-11;1-2/h10,17H,1-9H2;1H2/p+1. The van der Waals surface area contributed by atoms with E-state index in [-0.39, 0.29) is 17.9 Å². The molecule has 6 heteroatoms. The first kappa shape index (κ1) is 16.4. The van der Waals surface area contributed by atoms with Crippen molar-refractivity contribution in [1.29, 1.82) is 0 Å². The summed E-state index contributed by atoms with van der Waals surface area (Å²) < 4.78 is 36.7. The van der Waals surface area contributed by atoms with Gasteiger partial charge in [-0.1, -0.05) is 0 Å². The summed E-state index contributed by atoms with van der Waals surface area (Å²) in [5.41, 5.74) is 0.117. The van der Waals surface area contributed by atoms with Crippen molar-refractivity contribution < 1.29 is 28.0 Å². The molecule has 0 atom stereocenters. The molecule has 2 fully saturated rings. The quantitative estimate of drug-likeness (QED) is 0.801. The first-order valence-electron chi connectivity index (χ1n) is 6.73. The van der Waals surface area contributed by atoms with Crippen LogP contribution in [0.5, 0.6) is 0 Å². The minimum atomic E-state index is -4.01. The minimum absolute atomic E-state index is 0.117. The summed E-state index contributed by atoms with van der Waals surface area (Å²) in [6.45, 7) is 4.86. The van der Waals surface area contributed by atoms with Crippen LogP contribution in [0.15, 0.2) is 0 Å². The zero-order valence-corrected chi connectivity index (χ0v) is 11.1. The van der Waals surface area contributed by atoms with Crippen LogP contribution in [-0.4, -0.2) is 44.3 Å². The molecule has 0 amide bonds. The van der Waals surface area contributed by atoms with Crippen LogP contribution in [-0.2, 0) is 4.79 Å². The molecule has 0 bridgehead atoms. The number of likely N-dealkylation sites (tertiary alicyclic amines) is 1. The Balaban J connectivity index is 0.000000861. The summed E-state index contributed by atoms with van der Waals surface area (Å²) in [6.07, 6.45) is -1.11. The van der Waals surface area contributed by atoms with Crippen LogP contribution < -0.4 is 4.90 Å². The normalized spacial score (nSPS) is 29.3. The topological polar surface area (TPSA) is 41.7 Å². The second kappa shape index (κ2) is 6.70. The average Bonchev–Trinajstić information content (AvgIpc) is 3.13. The molecule has 1 aliphatic heterocycles. The number of halogens is 3. The molecule has 0 aromatic rings. The van der Waals surface area contributed by atoms with Crippen molar-refractivity contribution in [2.24, 2.45) is 11.3 Å². The molecular formula is C13H23F3NO2+. The Bertz CT molecular complexity index is 272. The third-order valence-electron chi connectivity index (χ3n) is 4.25. The van der Waals surface area contributed by atoms with E-state index in [1.165, 1.54) is 4.90 Å². The van der Waals surface area contributed by atoms with Crippen LogP contribution >= 0.6 is 0 Å². The monoisotopic (exact) mass is 282 g/mol. The lowest BCUT2D eigenvalue weighted by atomic mass is 9.92. The molecule has 2 aliphatic rings. The SMILES string of the molecule is C=O.OCC1(C[NH+]2CCC(CC(F)(F)F)CC2)CC1. The highest BCUT2D eigenvalue weighted by molar-refractivity contribution is 5.11. The lowest BCUT2D eigenvalue weighted by Gasteiger charge is -2.31. The van der Waals surface area contributed by atoms with E-state index >= 15 is 0 Å². The maximum absolute atomic E-state index is 12.2. The van der Waals surface area contributed by atoms with Gasteiger partial charge in [-0.15, -0.1) is 0 Å². The number of alkyl halides is 3. The molecule has 0 radical (unpaired) electrons. The van der Waals surface area contributed by atoms with Gasteiger partial charge in [-0.05, 0) is 31.6 Å². The second-order valence-corrected chi connectivity index (χ2v) is 5.85. The van der Waals surface area contributed by atoms with Crippen LogP contribution in [0, 0.1) is 11.3 Å². The number of nitrogens with one attached hydrogen (secondary N) is 1. The van der Waals surface area contributed by atoms with Crippen LogP contribution in [0.1, 0.15) is 32.1 Å². The highest BCUT2D eigenvalue weighted by Crippen LogP contribution is 2.43. The summed E-state index contributed by atoms with van der Waals surface area (Å²) in [4.78, 5) is 9.38. The fourth-order valence-corrected chi connectivity index (χ4v) is 2.89. The fraction of sp³-hybridized carbons (Fsp3) is 0.923. The van der Waals surface area contributed by atoms with E-state index in [9.17, 15) is 18.3 Å². The molecule has 2 N–H and O–H groups in total. The Morgan fingerprint density at radius 1 is 1.21 bits per heavy atom. The zero-order valence-electron chi connectivity index (χ0n) is 11.1. The van der Waals surface area contributed by atoms with Gasteiger partial charge in [0.1, 0.15) is 6.79 Å². The van der Waals surface area contributed by atoms with E-state index in [2.05, 4.69) is 0 Å². The molecule has 0 unspecified atom stereocenters. The first-order valence-corrected chi connectivity index (χ1v) is 6.73. The predicted molar refractivity (Wildman–Crippen MR) is 64.8 cm³/mol. The Hall–Kier alpha value is -0.620. The zero-order chi connectivity index (χ0) is 14.5. The highest BCUT2D eigenvalue weighted by atomic mass is 19.4. The predicted octanol–water partition coefficient (Wildman–Crippen LogP) is 0.821. The van der Waals surface area contributed by atoms with E-state index in [1.54, 1.807) is 0 Å². The number of piperidine rings is 1. The van der Waals surface area contributed by atoms with E-state index in [0.29, 0.717) is 12.8 Å². The van der Waals surface area contributed by atoms with Crippen molar-refractivity contribution in [3.05, 3.63) is 0 Å². The average molecular weight is 282 g/mol. The van der Waals surface area contributed by atoms with Crippen molar-refractivity contribution >= 4 is 6.79 Å². The van der Waals surface area contributed by atoms with Crippen molar-refractivity contribution in [3.63, 3.8) is 0 Å². The molecule has 2 rings (SSSR count). The van der Waals surface area contributed by atoms with Gasteiger partial charge in [0.15, 0.2) is 0 Å². The molecular weight excluding hydrogens is 259 g/mol. The number of aliphatic hydroxyl groups is 1. The van der Waals surface area contributed by atoms with Crippen molar-refractivity contribution in [2.75, 3.05) is 26.2 Å². The number of quaternary nitrogens is 1. The molecule has 112 valence electrons. The van der Waals surface area contributed by atoms with E-state index in [1.807, 2.05) is 6.79 Å². The molecule has 0 spiro atoms. The Morgan fingerprint density at radius 2 is 1.74 bits per heavy atom. The highest BCUT2D eigenvalue weighted by Gasteiger charge is 2.46. The minimum Gasteiger partial charge on any atom is -0.396 e. The molecule has 0 aromatic heterocycles. The largest absolute Gasteiger partial charge is 0.396 e. The van der Waals surface area contributed by atoms with Gasteiger partial charge in [-0.3, -0.25) is 0 Å². The number of hydrogen-bond donors (Lipinski definition) is 2. The lowest BCUT2D eigenvalue weighted by molar-refractivity contribution is -0.911. The summed E-state index contributed by atoms with van der Waals surface area (Å²) in [5.74, 6) is -0.178. The van der Waals surface area contributed by atoms with Crippen LogP contribution in [0.4, 0.5) is 13.2 Å². The van der Waals surface area contributed by atoms with Gasteiger partial charge in [0.05, 0.1) is 26.2 Å². The van der Waals surface area contributed by atoms with Gasteiger partial charge >= 0.3 is 6.18 Å². The van der Waals surface area contributed by atoms with Crippen LogP contribution in [0.2, 0.25) is 0 Å². The van der Waals surface area contributed by atoms with E-state index < -0.39 is 12.6 Å². The molecule has 1 aliphatic carbocycles. The molecule has 1 saturated carbocycles. The van der Waals surface area contributed by atoms with Crippen LogP contribution in [0.25, 0.3) is 0 Å². The Kier molecular flexibility index (Phi) is 5.80. The van der Waals surface area contributed by atoms with Gasteiger partial charge in [0.25, 0.3) is 0 Å². The summed E-state index contributed by atoms with van der Waals surface area (Å²) in [6, 6.07) is 0.